The van der Waals surface area contributed by atoms with Gasteiger partial charge >= 0.3 is 0 Å². The smallest absolute Gasteiger partial charge is 0.219 e. The van der Waals surface area contributed by atoms with E-state index in [2.05, 4.69) is 18.3 Å². The number of hydrogen-bond acceptors (Lipinski definition) is 2. The van der Waals surface area contributed by atoms with Crippen LogP contribution in [0.2, 0.25) is 0 Å². The van der Waals surface area contributed by atoms with Crippen molar-refractivity contribution in [3.8, 4) is 5.75 Å². The molecule has 1 aromatic carbocycles. The first-order valence-electron chi connectivity index (χ1n) is 6.66. The highest BCUT2D eigenvalue weighted by atomic mass is 16.5. The molecule has 0 aliphatic rings. The molecule has 0 heterocycles. The zero-order chi connectivity index (χ0) is 13.2. The topological polar surface area (TPSA) is 38.3 Å². The minimum Gasteiger partial charge on any atom is -0.497 e. The first kappa shape index (κ1) is 14.6. The molecule has 0 aliphatic carbocycles. The average molecular weight is 249 g/mol. The molecular weight excluding hydrogens is 226 g/mol. The molecule has 0 bridgehead atoms. The number of benzene rings is 1. The van der Waals surface area contributed by atoms with E-state index in [0.717, 1.165) is 38.0 Å². The second-order valence-corrected chi connectivity index (χ2v) is 4.41. The zero-order valence-corrected chi connectivity index (χ0v) is 11.4. The van der Waals surface area contributed by atoms with Crippen molar-refractivity contribution in [3.05, 3.63) is 29.8 Å². The maximum atomic E-state index is 11.4. The molecule has 0 radical (unpaired) electrons. The number of methoxy groups -OCH3 is 1. The van der Waals surface area contributed by atoms with Gasteiger partial charge < -0.3 is 10.1 Å². The normalized spacial score (nSPS) is 10.1. The zero-order valence-electron chi connectivity index (χ0n) is 11.4. The van der Waals surface area contributed by atoms with Gasteiger partial charge in [0.25, 0.3) is 0 Å². The van der Waals surface area contributed by atoms with Gasteiger partial charge in [0, 0.05) is 13.0 Å². The predicted octanol–water partition coefficient (Wildman–Crippen LogP) is 2.93. The number of amides is 1. The monoisotopic (exact) mass is 249 g/mol. The van der Waals surface area contributed by atoms with Gasteiger partial charge in [-0.1, -0.05) is 25.5 Å². The lowest BCUT2D eigenvalue weighted by Gasteiger charge is -2.06. The lowest BCUT2D eigenvalue weighted by atomic mass is 10.1. The van der Waals surface area contributed by atoms with Crippen molar-refractivity contribution >= 4 is 5.91 Å². The summed E-state index contributed by atoms with van der Waals surface area (Å²) in [6.07, 6.45) is 4.62. The fraction of sp³-hybridized carbons (Fsp3) is 0.533. The summed E-state index contributed by atoms with van der Waals surface area (Å²) in [5, 5.41) is 2.95. The summed E-state index contributed by atoms with van der Waals surface area (Å²) in [5.74, 6) is 1.06. The van der Waals surface area contributed by atoms with Gasteiger partial charge in [-0.3, -0.25) is 4.79 Å². The maximum absolute atomic E-state index is 11.4. The number of carbonyl (C=O) groups is 1. The fourth-order valence-electron chi connectivity index (χ4n) is 1.77. The van der Waals surface area contributed by atoms with Crippen LogP contribution in [0.1, 0.15) is 38.2 Å². The van der Waals surface area contributed by atoms with Crippen molar-refractivity contribution < 1.29 is 9.53 Å². The van der Waals surface area contributed by atoms with E-state index in [9.17, 15) is 4.79 Å². The van der Waals surface area contributed by atoms with Crippen LogP contribution in [-0.2, 0) is 11.2 Å². The molecule has 1 amide bonds. The molecule has 0 saturated carbocycles. The molecule has 1 rings (SSSR count). The summed E-state index contributed by atoms with van der Waals surface area (Å²) in [7, 11) is 1.67. The van der Waals surface area contributed by atoms with Crippen molar-refractivity contribution in [1.82, 2.24) is 5.32 Å². The molecule has 0 unspecified atom stereocenters. The molecular formula is C15H23NO2. The minimum absolute atomic E-state index is 0.169. The minimum atomic E-state index is 0.169. The third-order valence-electron chi connectivity index (χ3n) is 2.86. The van der Waals surface area contributed by atoms with Crippen LogP contribution in [0.5, 0.6) is 5.75 Å². The number of aryl methyl sites for hydroxylation is 1. The molecule has 18 heavy (non-hydrogen) atoms. The van der Waals surface area contributed by atoms with Crippen LogP contribution < -0.4 is 10.1 Å². The average Bonchev–Trinajstić information content (AvgIpc) is 2.41. The molecule has 3 heteroatoms. The van der Waals surface area contributed by atoms with Gasteiger partial charge in [-0.15, -0.1) is 0 Å². The molecule has 100 valence electrons. The van der Waals surface area contributed by atoms with Gasteiger partial charge in [-0.05, 0) is 37.0 Å². The summed E-state index contributed by atoms with van der Waals surface area (Å²) in [6, 6.07) is 8.06. The van der Waals surface area contributed by atoms with E-state index in [1.807, 2.05) is 18.2 Å². The summed E-state index contributed by atoms with van der Waals surface area (Å²) >= 11 is 0. The molecule has 1 aromatic rings. The Balaban J connectivity index is 2.19. The van der Waals surface area contributed by atoms with E-state index in [4.69, 9.17) is 4.74 Å². The Bertz CT molecular complexity index is 363. The Morgan fingerprint density at radius 3 is 2.89 bits per heavy atom. The number of nitrogens with one attached hydrogen (secondary N) is 1. The van der Waals surface area contributed by atoms with Crippen molar-refractivity contribution in [2.45, 2.75) is 39.0 Å². The van der Waals surface area contributed by atoms with E-state index < -0.39 is 0 Å². The van der Waals surface area contributed by atoms with Crippen LogP contribution in [0, 0.1) is 0 Å². The van der Waals surface area contributed by atoms with Gasteiger partial charge in [0.2, 0.25) is 5.91 Å². The van der Waals surface area contributed by atoms with Gasteiger partial charge in [0.15, 0.2) is 0 Å². The van der Waals surface area contributed by atoms with Crippen molar-refractivity contribution in [1.29, 1.82) is 0 Å². The summed E-state index contributed by atoms with van der Waals surface area (Å²) in [5.41, 5.74) is 1.25. The highest BCUT2D eigenvalue weighted by molar-refractivity contribution is 5.75. The van der Waals surface area contributed by atoms with E-state index >= 15 is 0 Å². The largest absolute Gasteiger partial charge is 0.497 e. The predicted molar refractivity (Wildman–Crippen MR) is 73.8 cm³/mol. The van der Waals surface area contributed by atoms with Gasteiger partial charge in [0.1, 0.15) is 5.75 Å². The van der Waals surface area contributed by atoms with E-state index in [0.29, 0.717) is 6.42 Å². The Morgan fingerprint density at radius 1 is 1.33 bits per heavy atom. The molecule has 0 aromatic heterocycles. The second-order valence-electron chi connectivity index (χ2n) is 4.41. The standard InChI is InChI=1S/C15H23NO2/c1-3-4-10-15(17)16-11-6-8-13-7-5-9-14(12-13)18-2/h5,7,9,12H,3-4,6,8,10-11H2,1-2H3,(H,16,17). The van der Waals surface area contributed by atoms with Crippen molar-refractivity contribution in [2.24, 2.45) is 0 Å². The number of carbonyl (C=O) groups excluding carboxylic acids is 1. The Kier molecular flexibility index (Phi) is 6.92. The first-order chi connectivity index (χ1) is 8.76. The number of unbranched alkanes of at least 4 members (excludes halogenated alkanes) is 1. The Labute approximate surface area is 110 Å². The Hall–Kier alpha value is -1.51. The van der Waals surface area contributed by atoms with Crippen molar-refractivity contribution in [2.75, 3.05) is 13.7 Å². The highest BCUT2D eigenvalue weighted by Gasteiger charge is 2.00. The van der Waals surface area contributed by atoms with Crippen LogP contribution >= 0.6 is 0 Å². The van der Waals surface area contributed by atoms with Crippen LogP contribution in [0.25, 0.3) is 0 Å². The quantitative estimate of drug-likeness (QED) is 0.719. The number of ether oxygens (including phenoxy) is 1. The molecule has 1 N–H and O–H groups in total. The van der Waals surface area contributed by atoms with E-state index in [-0.39, 0.29) is 5.91 Å². The lowest BCUT2D eigenvalue weighted by molar-refractivity contribution is -0.121. The van der Waals surface area contributed by atoms with Gasteiger partial charge in [-0.2, -0.15) is 0 Å². The van der Waals surface area contributed by atoms with Gasteiger partial charge in [-0.25, -0.2) is 0 Å². The van der Waals surface area contributed by atoms with Crippen LogP contribution in [-0.4, -0.2) is 19.6 Å². The summed E-state index contributed by atoms with van der Waals surface area (Å²) in [6.45, 7) is 2.84. The molecule has 0 spiro atoms. The fourth-order valence-corrected chi connectivity index (χ4v) is 1.77. The summed E-state index contributed by atoms with van der Waals surface area (Å²) in [4.78, 5) is 11.4. The van der Waals surface area contributed by atoms with E-state index in [1.54, 1.807) is 7.11 Å². The van der Waals surface area contributed by atoms with E-state index in [1.165, 1.54) is 5.56 Å². The third kappa shape index (κ3) is 5.71. The highest BCUT2D eigenvalue weighted by Crippen LogP contribution is 2.13. The number of hydrogen-bond donors (Lipinski definition) is 1. The van der Waals surface area contributed by atoms with Gasteiger partial charge in [0.05, 0.1) is 7.11 Å². The molecule has 0 aliphatic heterocycles. The second kappa shape index (κ2) is 8.56. The molecule has 0 atom stereocenters. The van der Waals surface area contributed by atoms with Crippen LogP contribution in [0.4, 0.5) is 0 Å². The maximum Gasteiger partial charge on any atom is 0.219 e. The molecule has 3 nitrogen and oxygen atoms in total. The molecule has 0 saturated heterocycles. The van der Waals surface area contributed by atoms with Crippen LogP contribution in [0.15, 0.2) is 24.3 Å². The molecule has 0 fully saturated rings. The number of rotatable bonds is 8. The first-order valence-corrected chi connectivity index (χ1v) is 6.66. The lowest BCUT2D eigenvalue weighted by Crippen LogP contribution is -2.24. The van der Waals surface area contributed by atoms with Crippen molar-refractivity contribution in [3.63, 3.8) is 0 Å². The third-order valence-corrected chi connectivity index (χ3v) is 2.86. The summed E-state index contributed by atoms with van der Waals surface area (Å²) < 4.78 is 5.17. The Morgan fingerprint density at radius 2 is 2.17 bits per heavy atom. The SMILES string of the molecule is CCCCC(=O)NCCCc1cccc(OC)c1. The van der Waals surface area contributed by atoms with Crippen LogP contribution in [0.3, 0.4) is 0 Å².